The van der Waals surface area contributed by atoms with Crippen LogP contribution in [0.25, 0.3) is 0 Å². The fourth-order valence-corrected chi connectivity index (χ4v) is 2.52. The van der Waals surface area contributed by atoms with Gasteiger partial charge >= 0.3 is 0 Å². The van der Waals surface area contributed by atoms with Crippen LogP contribution in [0.2, 0.25) is 5.15 Å². The number of rotatable bonds is 3. The van der Waals surface area contributed by atoms with Crippen molar-refractivity contribution in [2.45, 2.75) is 13.2 Å². The Bertz CT molecular complexity index is 636. The van der Waals surface area contributed by atoms with Gasteiger partial charge < -0.3 is 14.4 Å². The van der Waals surface area contributed by atoms with Crippen molar-refractivity contribution in [3.8, 4) is 5.75 Å². The predicted molar refractivity (Wildman–Crippen MR) is 80.7 cm³/mol. The Balaban J connectivity index is 1.90. The molecule has 0 N–H and O–H groups in total. The number of aromatic nitrogens is 2. The minimum absolute atomic E-state index is 0.342. The lowest BCUT2D eigenvalue weighted by molar-refractivity contribution is 0.178. The molecular weight excluding hydrogens is 290 g/mol. The summed E-state index contributed by atoms with van der Waals surface area (Å²) < 4.78 is 10.8. The predicted octanol–water partition coefficient (Wildman–Crippen LogP) is 2.68. The molecule has 0 spiro atoms. The van der Waals surface area contributed by atoms with Crippen molar-refractivity contribution in [2.75, 3.05) is 25.2 Å². The highest BCUT2D eigenvalue weighted by molar-refractivity contribution is 6.29. The molecule has 0 fully saturated rings. The fourth-order valence-electron chi connectivity index (χ4n) is 2.33. The monoisotopic (exact) mass is 305 g/mol. The normalized spacial score (nSPS) is 14.3. The molecule has 3 rings (SSSR count). The van der Waals surface area contributed by atoms with Gasteiger partial charge in [-0.15, -0.1) is 0 Å². The number of methoxy groups -OCH3 is 1. The van der Waals surface area contributed by atoms with Crippen LogP contribution in [0.4, 0.5) is 5.82 Å². The second kappa shape index (κ2) is 6.28. The number of fused-ring (bicyclic) bond motifs is 1. The maximum absolute atomic E-state index is 6.08. The average molecular weight is 306 g/mol. The summed E-state index contributed by atoms with van der Waals surface area (Å²) in [7, 11) is 1.61. The lowest BCUT2D eigenvalue weighted by atomic mass is 10.2. The first-order chi connectivity index (χ1) is 10.3. The van der Waals surface area contributed by atoms with E-state index in [1.165, 1.54) is 0 Å². The van der Waals surface area contributed by atoms with Gasteiger partial charge in [0.1, 0.15) is 29.9 Å². The molecule has 6 heteroatoms. The Morgan fingerprint density at radius 1 is 1.33 bits per heavy atom. The highest BCUT2D eigenvalue weighted by Gasteiger charge is 2.17. The molecule has 1 aliphatic heterocycles. The third kappa shape index (κ3) is 3.25. The van der Waals surface area contributed by atoms with Gasteiger partial charge in [-0.2, -0.15) is 0 Å². The second-order valence-corrected chi connectivity index (χ2v) is 5.16. The van der Waals surface area contributed by atoms with Gasteiger partial charge in [0.2, 0.25) is 0 Å². The van der Waals surface area contributed by atoms with E-state index in [9.17, 15) is 0 Å². The van der Waals surface area contributed by atoms with Crippen molar-refractivity contribution >= 4 is 17.4 Å². The summed E-state index contributed by atoms with van der Waals surface area (Å²) in [6.45, 7) is 2.43. The molecule has 0 unspecified atom stereocenters. The van der Waals surface area contributed by atoms with Gasteiger partial charge in [-0.25, -0.2) is 9.97 Å². The molecule has 0 atom stereocenters. The number of hydrogen-bond donors (Lipinski definition) is 0. The molecule has 0 saturated heterocycles. The van der Waals surface area contributed by atoms with Crippen LogP contribution in [0.3, 0.4) is 0 Å². The molecule has 2 aromatic rings. The summed E-state index contributed by atoms with van der Waals surface area (Å²) in [6, 6.07) is 9.81. The first-order valence-corrected chi connectivity index (χ1v) is 7.12. The summed E-state index contributed by atoms with van der Waals surface area (Å²) in [5, 5.41) is 0.422. The highest BCUT2D eigenvalue weighted by Crippen LogP contribution is 2.26. The zero-order valence-corrected chi connectivity index (χ0v) is 12.5. The van der Waals surface area contributed by atoms with Gasteiger partial charge in [0, 0.05) is 25.3 Å². The van der Waals surface area contributed by atoms with Crippen LogP contribution in [0.1, 0.15) is 11.4 Å². The third-order valence-electron chi connectivity index (χ3n) is 3.28. The van der Waals surface area contributed by atoms with Crippen molar-refractivity contribution in [3.05, 3.63) is 46.9 Å². The Morgan fingerprint density at radius 2 is 2.19 bits per heavy atom. The van der Waals surface area contributed by atoms with Gasteiger partial charge in [0.25, 0.3) is 0 Å². The summed E-state index contributed by atoms with van der Waals surface area (Å²) >= 11 is 6.08. The van der Waals surface area contributed by atoms with Crippen molar-refractivity contribution in [1.82, 2.24) is 9.97 Å². The summed E-state index contributed by atoms with van der Waals surface area (Å²) in [5.74, 6) is 2.30. The molecule has 0 aliphatic carbocycles. The second-order valence-electron chi connectivity index (χ2n) is 4.78. The minimum Gasteiger partial charge on any atom is -0.491 e. The molecule has 0 bridgehead atoms. The molecule has 110 valence electrons. The van der Waals surface area contributed by atoms with Crippen molar-refractivity contribution < 1.29 is 9.47 Å². The van der Waals surface area contributed by atoms with Crippen LogP contribution in [0.15, 0.2) is 30.3 Å². The number of halogens is 1. The maximum atomic E-state index is 6.08. The van der Waals surface area contributed by atoms with Crippen LogP contribution in [0, 0.1) is 0 Å². The van der Waals surface area contributed by atoms with E-state index >= 15 is 0 Å². The van der Waals surface area contributed by atoms with E-state index in [1.807, 2.05) is 18.2 Å². The van der Waals surface area contributed by atoms with Crippen molar-refractivity contribution in [3.63, 3.8) is 0 Å². The summed E-state index contributed by atoms with van der Waals surface area (Å²) in [5.41, 5.74) is 1.14. The van der Waals surface area contributed by atoms with Gasteiger partial charge in [-0.3, -0.25) is 0 Å². The highest BCUT2D eigenvalue weighted by atomic mass is 35.5. The summed E-state index contributed by atoms with van der Waals surface area (Å²) in [6.07, 6.45) is 0. The first-order valence-electron chi connectivity index (χ1n) is 6.74. The van der Waals surface area contributed by atoms with Crippen LogP contribution < -0.4 is 9.64 Å². The Hall–Kier alpha value is -1.85. The van der Waals surface area contributed by atoms with E-state index in [4.69, 9.17) is 21.1 Å². The molecule has 0 amide bonds. The standard InChI is InChI=1S/C15H16ClN3O2/c1-20-10-14-17-13(16)8-15(18-14)19-6-7-21-12-5-3-2-4-11(12)9-19/h2-5,8H,6-7,9-10H2,1H3. The van der Waals surface area contributed by atoms with E-state index in [-0.39, 0.29) is 0 Å². The van der Waals surface area contributed by atoms with Crippen LogP contribution in [-0.2, 0) is 17.9 Å². The molecule has 0 saturated carbocycles. The Morgan fingerprint density at radius 3 is 3.05 bits per heavy atom. The van der Waals surface area contributed by atoms with E-state index in [2.05, 4.69) is 20.9 Å². The smallest absolute Gasteiger partial charge is 0.158 e. The van der Waals surface area contributed by atoms with Gasteiger partial charge in [-0.1, -0.05) is 29.8 Å². The molecule has 1 aromatic heterocycles. The van der Waals surface area contributed by atoms with E-state index < -0.39 is 0 Å². The first kappa shape index (κ1) is 14.1. The number of hydrogen-bond acceptors (Lipinski definition) is 5. The maximum Gasteiger partial charge on any atom is 0.158 e. The van der Waals surface area contributed by atoms with Crippen LogP contribution in [0.5, 0.6) is 5.75 Å². The zero-order chi connectivity index (χ0) is 14.7. The van der Waals surface area contributed by atoms with Gasteiger partial charge in [0.15, 0.2) is 5.82 Å². The molecule has 0 radical (unpaired) electrons. The number of para-hydroxylation sites is 1. The van der Waals surface area contributed by atoms with E-state index in [0.29, 0.717) is 24.2 Å². The summed E-state index contributed by atoms with van der Waals surface area (Å²) in [4.78, 5) is 10.8. The quantitative estimate of drug-likeness (QED) is 0.816. The third-order valence-corrected chi connectivity index (χ3v) is 3.47. The molecule has 2 heterocycles. The Kier molecular flexibility index (Phi) is 4.22. The van der Waals surface area contributed by atoms with Crippen molar-refractivity contribution in [2.24, 2.45) is 0 Å². The number of anilines is 1. The van der Waals surface area contributed by atoms with Crippen LogP contribution >= 0.6 is 11.6 Å². The van der Waals surface area contributed by atoms with Gasteiger partial charge in [-0.05, 0) is 6.07 Å². The Labute approximate surface area is 128 Å². The number of nitrogens with zero attached hydrogens (tertiary/aromatic N) is 3. The average Bonchev–Trinajstić information content (AvgIpc) is 2.69. The molecule has 1 aliphatic rings. The molecular formula is C15H16ClN3O2. The van der Waals surface area contributed by atoms with Crippen LogP contribution in [-0.4, -0.2) is 30.2 Å². The van der Waals surface area contributed by atoms with E-state index in [0.717, 1.165) is 30.2 Å². The van der Waals surface area contributed by atoms with Gasteiger partial charge in [0.05, 0.1) is 6.54 Å². The van der Waals surface area contributed by atoms with Crippen molar-refractivity contribution in [1.29, 1.82) is 0 Å². The number of benzene rings is 1. The fraction of sp³-hybridized carbons (Fsp3) is 0.333. The minimum atomic E-state index is 0.342. The van der Waals surface area contributed by atoms with E-state index in [1.54, 1.807) is 13.2 Å². The SMILES string of the molecule is COCc1nc(Cl)cc(N2CCOc3ccccc3C2)n1. The molecule has 1 aromatic carbocycles. The zero-order valence-electron chi connectivity index (χ0n) is 11.8. The topological polar surface area (TPSA) is 47.5 Å². The number of ether oxygens (including phenoxy) is 2. The molecule has 21 heavy (non-hydrogen) atoms. The lowest BCUT2D eigenvalue weighted by Crippen LogP contribution is -2.26. The lowest BCUT2D eigenvalue weighted by Gasteiger charge is -2.21. The largest absolute Gasteiger partial charge is 0.491 e. The molecule has 5 nitrogen and oxygen atoms in total.